The molecule has 0 aliphatic carbocycles. The molecule has 2 amide bonds. The van der Waals surface area contributed by atoms with Gasteiger partial charge >= 0.3 is 11.7 Å². The molecule has 1 aromatic heterocycles. The number of nitrogens with zero attached hydrogens (tertiary/aromatic N) is 1. The van der Waals surface area contributed by atoms with Gasteiger partial charge in [0.25, 0.3) is 15.6 Å². The van der Waals surface area contributed by atoms with E-state index in [-0.39, 0.29) is 17.0 Å². The third-order valence-corrected chi connectivity index (χ3v) is 6.14. The number of nitrogens with one attached hydrogen (secondary N) is 3. The van der Waals surface area contributed by atoms with E-state index in [1.54, 1.807) is 36.4 Å². The molecule has 9 nitrogen and oxygen atoms in total. The first-order chi connectivity index (χ1) is 14.8. The zero-order chi connectivity index (χ0) is 22.4. The first-order valence-electron chi connectivity index (χ1n) is 9.93. The molecule has 0 atom stereocenters. The molecule has 0 unspecified atom stereocenters. The minimum absolute atomic E-state index is 0.0531. The number of carbonyl (C=O) groups is 1. The second-order valence-electron chi connectivity index (χ2n) is 7.04. The fraction of sp³-hybridized carbons (Fsp3) is 0.286. The van der Waals surface area contributed by atoms with Crippen molar-refractivity contribution in [2.45, 2.75) is 37.6 Å². The van der Waals surface area contributed by atoms with E-state index in [9.17, 15) is 22.8 Å². The number of hydrogen-bond acceptors (Lipinski definition) is 5. The van der Waals surface area contributed by atoms with Crippen molar-refractivity contribution in [2.24, 2.45) is 0 Å². The Balaban J connectivity index is 1.69. The van der Waals surface area contributed by atoms with E-state index < -0.39 is 21.7 Å². The molecule has 10 heteroatoms. The molecule has 2 aromatic carbocycles. The van der Waals surface area contributed by atoms with Gasteiger partial charge in [-0.15, -0.1) is 0 Å². The summed E-state index contributed by atoms with van der Waals surface area (Å²) in [4.78, 5) is 39.2. The van der Waals surface area contributed by atoms with Crippen molar-refractivity contribution in [3.63, 3.8) is 0 Å². The number of carbonyl (C=O) groups excluding carboxylic acids is 1. The number of aromatic amines is 1. The third kappa shape index (κ3) is 5.40. The van der Waals surface area contributed by atoms with E-state index in [1.165, 1.54) is 12.1 Å². The number of para-hydroxylation sites is 1. The minimum Gasteiger partial charge on any atom is -0.337 e. The Bertz CT molecular complexity index is 1290. The van der Waals surface area contributed by atoms with Crippen LogP contribution in [0.15, 0.2) is 63.0 Å². The van der Waals surface area contributed by atoms with Gasteiger partial charge in [-0.1, -0.05) is 37.6 Å². The van der Waals surface area contributed by atoms with Crippen LogP contribution in [0.4, 0.5) is 4.79 Å². The van der Waals surface area contributed by atoms with Gasteiger partial charge in [-0.25, -0.2) is 22.7 Å². The monoisotopic (exact) mass is 444 g/mol. The lowest BCUT2D eigenvalue weighted by Crippen LogP contribution is -2.39. The predicted molar refractivity (Wildman–Crippen MR) is 118 cm³/mol. The molecule has 0 bridgehead atoms. The Morgan fingerprint density at radius 1 is 1.06 bits per heavy atom. The molecule has 0 fully saturated rings. The van der Waals surface area contributed by atoms with E-state index in [4.69, 9.17) is 0 Å². The standard InChI is InChI=1S/C21H24N4O5S/c1-2-3-13-22-20(27)24-31(29,30)16-10-8-15(9-11-16)12-14-25-19(26)17-6-4-5-7-18(17)23-21(25)28/h4-11H,2-3,12-14H2,1H3,(H,23,28)(H2,22,24,27). The molecule has 0 aliphatic rings. The Hall–Kier alpha value is -3.40. The lowest BCUT2D eigenvalue weighted by molar-refractivity contribution is 0.245. The first kappa shape index (κ1) is 22.3. The SMILES string of the molecule is CCCCNC(=O)NS(=O)(=O)c1ccc(CCn2c(=O)[nH]c3ccccc3c2=O)cc1. The summed E-state index contributed by atoms with van der Waals surface area (Å²) in [5, 5.41) is 2.91. The Kier molecular flexibility index (Phi) is 6.91. The number of hydrogen-bond donors (Lipinski definition) is 3. The van der Waals surface area contributed by atoms with Gasteiger partial charge in [0.15, 0.2) is 0 Å². The zero-order valence-electron chi connectivity index (χ0n) is 17.1. The lowest BCUT2D eigenvalue weighted by atomic mass is 10.1. The molecule has 1 heterocycles. The topological polar surface area (TPSA) is 130 Å². The quantitative estimate of drug-likeness (QED) is 0.456. The third-order valence-electron chi connectivity index (χ3n) is 4.79. The van der Waals surface area contributed by atoms with Crippen LogP contribution in [0, 0.1) is 0 Å². The average molecular weight is 445 g/mol. The second kappa shape index (κ2) is 9.61. The van der Waals surface area contributed by atoms with E-state index in [0.29, 0.717) is 23.9 Å². The molecular weight excluding hydrogens is 420 g/mol. The van der Waals surface area contributed by atoms with Crippen LogP contribution in [0.2, 0.25) is 0 Å². The highest BCUT2D eigenvalue weighted by molar-refractivity contribution is 7.90. The van der Waals surface area contributed by atoms with Crippen molar-refractivity contribution in [3.05, 3.63) is 74.9 Å². The number of benzene rings is 2. The van der Waals surface area contributed by atoms with Crippen LogP contribution in [0.25, 0.3) is 10.9 Å². The highest BCUT2D eigenvalue weighted by atomic mass is 32.2. The summed E-state index contributed by atoms with van der Waals surface area (Å²) in [6, 6.07) is 11.9. The van der Waals surface area contributed by atoms with Crippen molar-refractivity contribution in [1.82, 2.24) is 19.6 Å². The van der Waals surface area contributed by atoms with Crippen molar-refractivity contribution in [2.75, 3.05) is 6.54 Å². The fourth-order valence-corrected chi connectivity index (χ4v) is 4.00. The highest BCUT2D eigenvalue weighted by Gasteiger charge is 2.17. The molecular formula is C21H24N4O5S. The summed E-state index contributed by atoms with van der Waals surface area (Å²) in [6.45, 7) is 2.50. The number of sulfonamides is 1. The molecule has 0 saturated heterocycles. The Morgan fingerprint density at radius 2 is 1.77 bits per heavy atom. The van der Waals surface area contributed by atoms with Gasteiger partial charge in [0, 0.05) is 13.1 Å². The van der Waals surface area contributed by atoms with Gasteiger partial charge < -0.3 is 10.3 Å². The molecule has 31 heavy (non-hydrogen) atoms. The molecule has 164 valence electrons. The van der Waals surface area contributed by atoms with E-state index in [1.807, 2.05) is 11.6 Å². The zero-order valence-corrected chi connectivity index (χ0v) is 17.9. The molecule has 0 radical (unpaired) electrons. The van der Waals surface area contributed by atoms with Gasteiger partial charge in [0.2, 0.25) is 0 Å². The number of aromatic nitrogens is 2. The number of urea groups is 1. The average Bonchev–Trinajstić information content (AvgIpc) is 2.74. The highest BCUT2D eigenvalue weighted by Crippen LogP contribution is 2.11. The van der Waals surface area contributed by atoms with Crippen LogP contribution >= 0.6 is 0 Å². The van der Waals surface area contributed by atoms with Gasteiger partial charge in [0.1, 0.15) is 0 Å². The number of H-pyrrole nitrogens is 1. The summed E-state index contributed by atoms with van der Waals surface area (Å²) in [5.74, 6) is 0. The maximum Gasteiger partial charge on any atom is 0.328 e. The van der Waals surface area contributed by atoms with Crippen molar-refractivity contribution in [3.8, 4) is 0 Å². The van der Waals surface area contributed by atoms with Crippen molar-refractivity contribution >= 4 is 27.0 Å². The molecule has 0 aliphatic heterocycles. The Labute approximate surface area is 179 Å². The summed E-state index contributed by atoms with van der Waals surface area (Å²) in [7, 11) is -3.99. The van der Waals surface area contributed by atoms with Crippen LogP contribution in [-0.4, -0.2) is 30.5 Å². The van der Waals surface area contributed by atoms with Gasteiger partial charge in [-0.2, -0.15) is 0 Å². The van der Waals surface area contributed by atoms with Crippen LogP contribution < -0.4 is 21.3 Å². The normalized spacial score (nSPS) is 11.4. The van der Waals surface area contributed by atoms with Gasteiger partial charge in [-0.05, 0) is 42.7 Å². The maximum atomic E-state index is 12.6. The van der Waals surface area contributed by atoms with Crippen LogP contribution in [0.5, 0.6) is 0 Å². The summed E-state index contributed by atoms with van der Waals surface area (Å²) in [6.07, 6.45) is 1.99. The number of amides is 2. The van der Waals surface area contributed by atoms with E-state index >= 15 is 0 Å². The molecule has 3 rings (SSSR count). The van der Waals surface area contributed by atoms with E-state index in [0.717, 1.165) is 23.0 Å². The van der Waals surface area contributed by atoms with Crippen LogP contribution in [0.3, 0.4) is 0 Å². The predicted octanol–water partition coefficient (Wildman–Crippen LogP) is 1.72. The summed E-state index contributed by atoms with van der Waals surface area (Å²) >= 11 is 0. The second-order valence-corrected chi connectivity index (χ2v) is 8.72. The molecule has 0 saturated carbocycles. The molecule has 0 spiro atoms. The minimum atomic E-state index is -3.99. The number of rotatable bonds is 8. The van der Waals surface area contributed by atoms with Gasteiger partial charge in [-0.3, -0.25) is 9.36 Å². The largest absolute Gasteiger partial charge is 0.337 e. The first-order valence-corrected chi connectivity index (χ1v) is 11.4. The van der Waals surface area contributed by atoms with Gasteiger partial charge in [0.05, 0.1) is 15.8 Å². The lowest BCUT2D eigenvalue weighted by Gasteiger charge is -2.09. The van der Waals surface area contributed by atoms with Crippen molar-refractivity contribution in [1.29, 1.82) is 0 Å². The van der Waals surface area contributed by atoms with E-state index in [2.05, 4.69) is 10.3 Å². The molecule has 3 N–H and O–H groups in total. The van der Waals surface area contributed by atoms with Crippen molar-refractivity contribution < 1.29 is 13.2 Å². The summed E-state index contributed by atoms with van der Waals surface area (Å²) in [5.41, 5.74) is 0.346. The maximum absolute atomic E-state index is 12.6. The fourth-order valence-electron chi connectivity index (χ4n) is 3.07. The molecule has 3 aromatic rings. The number of aryl methyl sites for hydroxylation is 1. The Morgan fingerprint density at radius 3 is 2.48 bits per heavy atom. The van der Waals surface area contributed by atoms with Crippen LogP contribution in [-0.2, 0) is 23.0 Å². The smallest absolute Gasteiger partial charge is 0.328 e. The van der Waals surface area contributed by atoms with Crippen LogP contribution in [0.1, 0.15) is 25.3 Å². The summed E-state index contributed by atoms with van der Waals surface area (Å²) < 4.78 is 27.7. The number of unbranched alkanes of at least 4 members (excludes halogenated alkanes) is 1. The number of fused-ring (bicyclic) bond motifs is 1.